The summed E-state index contributed by atoms with van der Waals surface area (Å²) in [5, 5.41) is 1.90. The Morgan fingerprint density at radius 1 is 1.00 bits per heavy atom. The number of aromatic nitrogens is 1. The number of allylic oxidation sites excluding steroid dienone is 1. The highest BCUT2D eigenvalue weighted by atomic mass is 32.1. The van der Waals surface area contributed by atoms with Crippen molar-refractivity contribution in [2.24, 2.45) is 4.99 Å². The lowest BCUT2D eigenvalue weighted by atomic mass is 9.90. The van der Waals surface area contributed by atoms with E-state index in [4.69, 9.17) is 19.2 Å². The average Bonchev–Trinajstić information content (AvgIpc) is 3.30. The minimum absolute atomic E-state index is 0.146. The maximum Gasteiger partial charge on any atom is 0.271 e. The van der Waals surface area contributed by atoms with E-state index in [-0.39, 0.29) is 11.5 Å². The maximum atomic E-state index is 14.3. The lowest BCUT2D eigenvalue weighted by Gasteiger charge is -2.30. The first kappa shape index (κ1) is 29.1. The molecule has 0 aliphatic carbocycles. The first-order valence-electron chi connectivity index (χ1n) is 14.0. The molecule has 1 atom stereocenters. The largest absolute Gasteiger partial charge is 0.496 e. The molecule has 1 aliphatic rings. The molecule has 1 amide bonds. The van der Waals surface area contributed by atoms with Gasteiger partial charge < -0.3 is 19.1 Å². The van der Waals surface area contributed by atoms with Crippen LogP contribution in [0, 0.1) is 0 Å². The number of thiazole rings is 1. The Kier molecular flexibility index (Phi) is 8.49. The quantitative estimate of drug-likeness (QED) is 0.285. The Labute approximate surface area is 248 Å². The number of fused-ring (bicyclic) bond motifs is 2. The highest BCUT2D eigenvalue weighted by Crippen LogP contribution is 2.40. The van der Waals surface area contributed by atoms with Crippen LogP contribution in [0.15, 0.2) is 75.7 Å². The van der Waals surface area contributed by atoms with Gasteiger partial charge in [0, 0.05) is 18.7 Å². The predicted molar refractivity (Wildman–Crippen MR) is 166 cm³/mol. The van der Waals surface area contributed by atoms with Gasteiger partial charge >= 0.3 is 0 Å². The molecule has 1 aromatic heterocycles. The summed E-state index contributed by atoms with van der Waals surface area (Å²) in [6.07, 6.45) is 1.83. The molecule has 0 saturated carbocycles. The van der Waals surface area contributed by atoms with E-state index in [2.05, 4.69) is 0 Å². The normalized spacial score (nSPS) is 14.9. The van der Waals surface area contributed by atoms with Crippen molar-refractivity contribution in [2.75, 3.05) is 33.9 Å². The van der Waals surface area contributed by atoms with Crippen molar-refractivity contribution in [3.8, 4) is 17.2 Å². The Morgan fingerprint density at radius 3 is 2.40 bits per heavy atom. The van der Waals surface area contributed by atoms with Crippen molar-refractivity contribution in [2.45, 2.75) is 33.7 Å². The summed E-state index contributed by atoms with van der Waals surface area (Å²) in [5.74, 6) is 1.67. The predicted octanol–water partition coefficient (Wildman–Crippen LogP) is 4.67. The molecular formula is C33H35N3O5S. The van der Waals surface area contributed by atoms with Crippen molar-refractivity contribution < 1.29 is 19.0 Å². The van der Waals surface area contributed by atoms with E-state index in [1.807, 2.05) is 88.4 Å². The molecule has 9 heteroatoms. The average molecular weight is 586 g/mol. The highest BCUT2D eigenvalue weighted by Gasteiger charge is 2.36. The van der Waals surface area contributed by atoms with Crippen LogP contribution in [0.4, 0.5) is 0 Å². The van der Waals surface area contributed by atoms with Gasteiger partial charge in [-0.25, -0.2) is 4.99 Å². The topological polar surface area (TPSA) is 82.4 Å². The number of benzene rings is 3. The number of ether oxygens (including phenoxy) is 3. The van der Waals surface area contributed by atoms with Gasteiger partial charge in [0.15, 0.2) is 16.3 Å². The Hall–Kier alpha value is -4.37. The smallest absolute Gasteiger partial charge is 0.271 e. The van der Waals surface area contributed by atoms with Crippen molar-refractivity contribution in [3.63, 3.8) is 0 Å². The number of rotatable bonds is 9. The van der Waals surface area contributed by atoms with E-state index in [0.717, 1.165) is 21.9 Å². The number of hydrogen-bond acceptors (Lipinski definition) is 7. The Bertz CT molecular complexity index is 1870. The number of carbonyl (C=O) groups excluding carboxylic acids is 1. The van der Waals surface area contributed by atoms with Gasteiger partial charge in [0.25, 0.3) is 11.5 Å². The van der Waals surface area contributed by atoms with Crippen molar-refractivity contribution in [1.29, 1.82) is 0 Å². The third-order valence-electron chi connectivity index (χ3n) is 7.51. The molecule has 1 aliphatic heterocycles. The van der Waals surface area contributed by atoms with Crippen LogP contribution in [0.2, 0.25) is 0 Å². The van der Waals surface area contributed by atoms with Gasteiger partial charge in [-0.2, -0.15) is 0 Å². The number of nitrogens with zero attached hydrogens (tertiary/aromatic N) is 3. The summed E-state index contributed by atoms with van der Waals surface area (Å²) in [6, 6.07) is 16.7. The maximum absolute atomic E-state index is 14.3. The SMILES string of the molecule is CCOc1cc(/C=c2/sc3n(c2=O)[C@@H](c2c(OC)ccc4ccccc24)C(C(=O)N(CC)CC)=C(C)N=3)ccc1OC. The van der Waals surface area contributed by atoms with Gasteiger partial charge in [-0.05, 0) is 68.3 Å². The lowest BCUT2D eigenvalue weighted by molar-refractivity contribution is -0.127. The molecule has 0 spiro atoms. The Balaban J connectivity index is 1.81. The van der Waals surface area contributed by atoms with E-state index >= 15 is 0 Å². The first-order valence-corrected chi connectivity index (χ1v) is 14.9. The molecular weight excluding hydrogens is 550 g/mol. The zero-order chi connectivity index (χ0) is 30.0. The monoisotopic (exact) mass is 585 g/mol. The molecule has 0 fully saturated rings. The highest BCUT2D eigenvalue weighted by molar-refractivity contribution is 7.07. The van der Waals surface area contributed by atoms with E-state index in [9.17, 15) is 9.59 Å². The van der Waals surface area contributed by atoms with Gasteiger partial charge in [-0.1, -0.05) is 47.7 Å². The summed E-state index contributed by atoms with van der Waals surface area (Å²) < 4.78 is 19.2. The number of methoxy groups -OCH3 is 2. The number of amides is 1. The van der Waals surface area contributed by atoms with E-state index < -0.39 is 6.04 Å². The second kappa shape index (κ2) is 12.2. The summed E-state index contributed by atoms with van der Waals surface area (Å²) in [6.45, 7) is 9.21. The van der Waals surface area contributed by atoms with Gasteiger partial charge in [-0.15, -0.1) is 0 Å². The number of hydrogen-bond donors (Lipinski definition) is 0. The van der Waals surface area contributed by atoms with Crippen LogP contribution in [0.25, 0.3) is 16.8 Å². The van der Waals surface area contributed by atoms with Crippen LogP contribution >= 0.6 is 11.3 Å². The molecule has 2 heterocycles. The van der Waals surface area contributed by atoms with E-state index in [1.165, 1.54) is 11.3 Å². The van der Waals surface area contributed by atoms with Crippen molar-refractivity contribution in [3.05, 3.63) is 96.7 Å². The molecule has 218 valence electrons. The molecule has 8 nitrogen and oxygen atoms in total. The lowest BCUT2D eigenvalue weighted by Crippen LogP contribution is -2.43. The number of carbonyl (C=O) groups is 1. The zero-order valence-electron chi connectivity index (χ0n) is 24.8. The van der Waals surface area contributed by atoms with Crippen molar-refractivity contribution >= 4 is 34.1 Å². The van der Waals surface area contributed by atoms with E-state index in [0.29, 0.717) is 57.5 Å². The Morgan fingerprint density at radius 2 is 1.71 bits per heavy atom. The third-order valence-corrected chi connectivity index (χ3v) is 8.50. The molecule has 0 saturated heterocycles. The van der Waals surface area contributed by atoms with Crippen molar-refractivity contribution in [1.82, 2.24) is 9.47 Å². The first-order chi connectivity index (χ1) is 20.4. The van der Waals surface area contributed by atoms with Crippen LogP contribution in [0.5, 0.6) is 17.2 Å². The summed E-state index contributed by atoms with van der Waals surface area (Å²) in [5.41, 5.74) is 2.37. The summed E-state index contributed by atoms with van der Waals surface area (Å²) in [7, 11) is 3.20. The fourth-order valence-electron chi connectivity index (χ4n) is 5.49. The van der Waals surface area contributed by atoms with Crippen LogP contribution < -0.4 is 29.1 Å². The molecule has 0 bridgehead atoms. The number of likely N-dealkylation sites (N-methyl/N-ethyl adjacent to an activating group) is 1. The van der Waals surface area contributed by atoms with Gasteiger partial charge in [-0.3, -0.25) is 14.2 Å². The summed E-state index contributed by atoms with van der Waals surface area (Å²) in [4.78, 5) is 35.5. The zero-order valence-corrected chi connectivity index (χ0v) is 25.6. The molecule has 42 heavy (non-hydrogen) atoms. The minimum atomic E-state index is -0.729. The van der Waals surface area contributed by atoms with Gasteiger partial charge in [0.1, 0.15) is 11.8 Å². The molecule has 5 rings (SSSR count). The third kappa shape index (κ3) is 5.09. The van der Waals surface area contributed by atoms with Crippen LogP contribution in [-0.4, -0.2) is 49.3 Å². The molecule has 0 N–H and O–H groups in total. The minimum Gasteiger partial charge on any atom is -0.496 e. The van der Waals surface area contributed by atoms with Gasteiger partial charge in [0.05, 0.1) is 36.6 Å². The second-order valence-corrected chi connectivity index (χ2v) is 10.8. The van der Waals surface area contributed by atoms with Crippen LogP contribution in [-0.2, 0) is 4.79 Å². The second-order valence-electron chi connectivity index (χ2n) is 9.81. The fourth-order valence-corrected chi connectivity index (χ4v) is 6.53. The summed E-state index contributed by atoms with van der Waals surface area (Å²) >= 11 is 1.30. The standard InChI is InChI=1S/C33H35N3O5S/c1-7-35(8-2)32(38)28-20(4)34-33-36(30(28)29-23-13-11-10-12-22(23)15-17-25(29)40-6)31(37)27(42-33)19-21-14-16-24(39-5)26(18-21)41-9-3/h10-19,30H,7-9H2,1-6H3/b27-19+/t30-/m1/s1. The van der Waals surface area contributed by atoms with E-state index in [1.54, 1.807) is 23.7 Å². The fraction of sp³-hybridized carbons (Fsp3) is 0.303. The molecule has 0 radical (unpaired) electrons. The molecule has 4 aromatic rings. The molecule has 3 aromatic carbocycles. The van der Waals surface area contributed by atoms with Gasteiger partial charge in [0.2, 0.25) is 0 Å². The molecule has 0 unspecified atom stereocenters. The van der Waals surface area contributed by atoms with Crippen LogP contribution in [0.1, 0.15) is 44.9 Å². The van der Waals surface area contributed by atoms with Crippen LogP contribution in [0.3, 0.4) is 0 Å².